The van der Waals surface area contributed by atoms with E-state index in [4.69, 9.17) is 9.47 Å². The number of benzene rings is 2. The summed E-state index contributed by atoms with van der Waals surface area (Å²) in [6.07, 6.45) is 4.13. The minimum atomic E-state index is -3.54. The summed E-state index contributed by atoms with van der Waals surface area (Å²) in [6, 6.07) is 11.3. The molecule has 8 heteroatoms. The maximum absolute atomic E-state index is 13.3. The van der Waals surface area contributed by atoms with Gasteiger partial charge in [-0.05, 0) is 68.4 Å². The number of fused-ring (bicyclic) bond motifs is 2. The van der Waals surface area contributed by atoms with Crippen molar-refractivity contribution in [2.75, 3.05) is 32.8 Å². The number of sulfonamides is 1. The Morgan fingerprint density at radius 3 is 2.62 bits per heavy atom. The molecule has 0 N–H and O–H groups in total. The second kappa shape index (κ2) is 9.58. The number of hydrogen-bond acceptors (Lipinski definition) is 5. The van der Waals surface area contributed by atoms with Crippen LogP contribution in [0, 0.1) is 5.92 Å². The summed E-state index contributed by atoms with van der Waals surface area (Å²) in [7, 11) is -3.54. The van der Waals surface area contributed by atoms with E-state index in [9.17, 15) is 13.2 Å². The Morgan fingerprint density at radius 2 is 1.82 bits per heavy atom. The molecule has 0 aromatic heterocycles. The topological polar surface area (TPSA) is 76.2 Å². The van der Waals surface area contributed by atoms with Crippen LogP contribution in [0.3, 0.4) is 0 Å². The molecule has 3 aliphatic rings. The lowest BCUT2D eigenvalue weighted by Crippen LogP contribution is -2.44. The van der Waals surface area contributed by atoms with Crippen LogP contribution >= 0.6 is 0 Å². The first kappa shape index (κ1) is 23.2. The van der Waals surface area contributed by atoms with Crippen LogP contribution < -0.4 is 9.47 Å². The second-order valence-electron chi connectivity index (χ2n) is 9.26. The van der Waals surface area contributed by atoms with Crippen LogP contribution in [0.5, 0.6) is 11.5 Å². The van der Waals surface area contributed by atoms with Gasteiger partial charge in [0.2, 0.25) is 15.9 Å². The number of nitrogens with zero attached hydrogens (tertiary/aromatic N) is 2. The average molecular weight is 485 g/mol. The Hall–Kier alpha value is -2.58. The zero-order chi connectivity index (χ0) is 23.7. The number of carbonyl (C=O) groups is 1. The summed E-state index contributed by atoms with van der Waals surface area (Å²) in [6.45, 7) is 4.77. The van der Waals surface area contributed by atoms with Gasteiger partial charge in [0.15, 0.2) is 11.5 Å². The highest BCUT2D eigenvalue weighted by atomic mass is 32.2. The molecule has 0 unspecified atom stereocenters. The lowest BCUT2D eigenvalue weighted by atomic mass is 9.96. The van der Waals surface area contributed by atoms with E-state index < -0.39 is 10.0 Å². The number of amides is 1. The highest BCUT2D eigenvalue weighted by Crippen LogP contribution is 2.35. The first-order valence-electron chi connectivity index (χ1n) is 12.3. The minimum Gasteiger partial charge on any atom is -0.486 e. The second-order valence-corrected chi connectivity index (χ2v) is 11.2. The Morgan fingerprint density at radius 1 is 1.06 bits per heavy atom. The van der Waals surface area contributed by atoms with Gasteiger partial charge >= 0.3 is 0 Å². The Labute approximate surface area is 201 Å². The summed E-state index contributed by atoms with van der Waals surface area (Å²) >= 11 is 0. The largest absolute Gasteiger partial charge is 0.486 e. The standard InChI is InChI=1S/C26H32N2O5S/c1-2-27(18-22-7-4-8-24-25(22)33-16-15-32-24)26(29)20-11-13-28(14-12-20)34(30,31)23-10-9-19-5-3-6-21(19)17-23/h4,7-10,17,20H,2-3,5-6,11-16,18H2,1H3. The predicted octanol–water partition coefficient (Wildman–Crippen LogP) is 3.40. The van der Waals surface area contributed by atoms with E-state index in [1.165, 1.54) is 5.56 Å². The Kier molecular flexibility index (Phi) is 6.53. The molecule has 5 rings (SSSR count). The molecule has 2 heterocycles. The van der Waals surface area contributed by atoms with Crippen molar-refractivity contribution in [3.05, 3.63) is 53.1 Å². The normalized spacial score (nSPS) is 18.5. The summed E-state index contributed by atoms with van der Waals surface area (Å²) in [5.74, 6) is 1.34. The van der Waals surface area contributed by atoms with Gasteiger partial charge in [-0.15, -0.1) is 0 Å². The third-order valence-corrected chi connectivity index (χ3v) is 9.11. The van der Waals surface area contributed by atoms with E-state index in [0.29, 0.717) is 57.1 Å². The molecule has 0 spiro atoms. The first-order valence-corrected chi connectivity index (χ1v) is 13.7. The van der Waals surface area contributed by atoms with E-state index in [-0.39, 0.29) is 11.8 Å². The maximum atomic E-state index is 13.3. The lowest BCUT2D eigenvalue weighted by Gasteiger charge is -2.34. The van der Waals surface area contributed by atoms with E-state index in [0.717, 1.165) is 41.9 Å². The molecule has 1 saturated heterocycles. The maximum Gasteiger partial charge on any atom is 0.243 e. The van der Waals surface area contributed by atoms with Gasteiger partial charge in [-0.1, -0.05) is 18.2 Å². The molecule has 34 heavy (non-hydrogen) atoms. The summed E-state index contributed by atoms with van der Waals surface area (Å²) in [5.41, 5.74) is 3.35. The highest BCUT2D eigenvalue weighted by molar-refractivity contribution is 7.89. The molecule has 0 radical (unpaired) electrons. The van der Waals surface area contributed by atoms with E-state index in [1.807, 2.05) is 42.2 Å². The average Bonchev–Trinajstić information content (AvgIpc) is 3.35. The Bertz CT molecular complexity index is 1170. The van der Waals surface area contributed by atoms with Gasteiger partial charge in [0.25, 0.3) is 0 Å². The fourth-order valence-electron chi connectivity index (χ4n) is 5.27. The number of para-hydroxylation sites is 1. The molecule has 1 aliphatic carbocycles. The van der Waals surface area contributed by atoms with Crippen molar-refractivity contribution >= 4 is 15.9 Å². The van der Waals surface area contributed by atoms with Gasteiger partial charge in [0.1, 0.15) is 13.2 Å². The number of piperidine rings is 1. The zero-order valence-electron chi connectivity index (χ0n) is 19.7. The van der Waals surface area contributed by atoms with E-state index in [2.05, 4.69) is 0 Å². The Balaban J connectivity index is 1.24. The van der Waals surface area contributed by atoms with Gasteiger partial charge in [-0.2, -0.15) is 4.31 Å². The van der Waals surface area contributed by atoms with Gasteiger partial charge < -0.3 is 14.4 Å². The van der Waals surface area contributed by atoms with Crippen molar-refractivity contribution in [2.24, 2.45) is 5.92 Å². The van der Waals surface area contributed by atoms with Crippen molar-refractivity contribution in [1.82, 2.24) is 9.21 Å². The molecule has 0 saturated carbocycles. The van der Waals surface area contributed by atoms with Gasteiger partial charge in [-0.25, -0.2) is 8.42 Å². The van der Waals surface area contributed by atoms with Crippen LogP contribution in [0.25, 0.3) is 0 Å². The molecule has 0 bridgehead atoms. The van der Waals surface area contributed by atoms with Crippen LogP contribution in [-0.2, 0) is 34.2 Å². The summed E-state index contributed by atoms with van der Waals surface area (Å²) in [4.78, 5) is 15.6. The molecule has 0 atom stereocenters. The van der Waals surface area contributed by atoms with E-state index in [1.54, 1.807) is 10.4 Å². The van der Waals surface area contributed by atoms with Crippen molar-refractivity contribution in [3.63, 3.8) is 0 Å². The zero-order valence-corrected chi connectivity index (χ0v) is 20.5. The molecular weight excluding hydrogens is 452 g/mol. The summed E-state index contributed by atoms with van der Waals surface area (Å²) < 4.78 is 39.5. The number of hydrogen-bond donors (Lipinski definition) is 0. The minimum absolute atomic E-state index is 0.0754. The third kappa shape index (κ3) is 4.41. The van der Waals surface area contributed by atoms with Crippen molar-refractivity contribution in [3.8, 4) is 11.5 Å². The number of carbonyl (C=O) groups excluding carboxylic acids is 1. The smallest absolute Gasteiger partial charge is 0.243 e. The number of ether oxygens (including phenoxy) is 2. The first-order chi connectivity index (χ1) is 16.5. The predicted molar refractivity (Wildman–Crippen MR) is 128 cm³/mol. The quantitative estimate of drug-likeness (QED) is 0.628. The molecular formula is C26H32N2O5S. The molecule has 1 amide bonds. The molecule has 182 valence electrons. The van der Waals surface area contributed by atoms with Gasteiger partial charge in [0, 0.05) is 37.7 Å². The van der Waals surface area contributed by atoms with Crippen LogP contribution in [-0.4, -0.2) is 56.4 Å². The SMILES string of the molecule is CCN(Cc1cccc2c1OCCO2)C(=O)C1CCN(S(=O)(=O)c2ccc3c(c2)CCC3)CC1. The summed E-state index contributed by atoms with van der Waals surface area (Å²) in [5, 5.41) is 0. The molecule has 2 aliphatic heterocycles. The van der Waals surface area contributed by atoms with E-state index >= 15 is 0 Å². The van der Waals surface area contributed by atoms with Crippen molar-refractivity contribution in [1.29, 1.82) is 0 Å². The van der Waals surface area contributed by atoms with Gasteiger partial charge in [0.05, 0.1) is 4.90 Å². The molecule has 1 fully saturated rings. The lowest BCUT2D eigenvalue weighted by molar-refractivity contribution is -0.137. The third-order valence-electron chi connectivity index (χ3n) is 7.21. The van der Waals surface area contributed by atoms with Crippen LogP contribution in [0.15, 0.2) is 41.3 Å². The van der Waals surface area contributed by atoms with Crippen molar-refractivity contribution < 1.29 is 22.7 Å². The number of rotatable bonds is 6. The monoisotopic (exact) mass is 484 g/mol. The molecule has 2 aromatic rings. The number of aryl methyl sites for hydroxylation is 2. The van der Waals surface area contributed by atoms with Crippen LogP contribution in [0.4, 0.5) is 0 Å². The molecule has 2 aromatic carbocycles. The fraction of sp³-hybridized carbons (Fsp3) is 0.500. The fourth-order valence-corrected chi connectivity index (χ4v) is 6.79. The van der Waals surface area contributed by atoms with Crippen LogP contribution in [0.2, 0.25) is 0 Å². The van der Waals surface area contributed by atoms with Crippen LogP contribution in [0.1, 0.15) is 42.9 Å². The highest BCUT2D eigenvalue weighted by Gasteiger charge is 2.34. The van der Waals surface area contributed by atoms with Gasteiger partial charge in [-0.3, -0.25) is 4.79 Å². The molecule has 7 nitrogen and oxygen atoms in total. The van der Waals surface area contributed by atoms with Crippen molar-refractivity contribution in [2.45, 2.75) is 50.5 Å².